The molecular weight excluding hydrogens is 891 g/mol. The highest BCUT2D eigenvalue weighted by atomic mass is 32.1. The maximum Gasteiger partial charge on any atom is 0.320 e. The first-order valence-corrected chi connectivity index (χ1v) is 22.9. The predicted molar refractivity (Wildman–Crippen MR) is 257 cm³/mol. The lowest BCUT2D eigenvalue weighted by Gasteiger charge is -2.33. The highest BCUT2D eigenvalue weighted by Gasteiger charge is 2.23. The number of carbonyl (C=O) groups excluding carboxylic acids is 1. The highest BCUT2D eigenvalue weighted by Crippen LogP contribution is 2.16. The second-order valence-corrected chi connectivity index (χ2v) is 16.4. The third kappa shape index (κ3) is 29.9. The monoisotopic (exact) mass is 963 g/mol. The van der Waals surface area contributed by atoms with Crippen LogP contribution in [0.1, 0.15) is 70.1 Å². The van der Waals surface area contributed by atoms with Crippen molar-refractivity contribution >= 4 is 58.8 Å². The standard InChI is InChI=1S/C43H67N7O11S.C3H6O2/c1-4-31(3)14-16-48(27-39(52)53)17-18-49(28-40(54)55)19-20-50(29-41(56)57)36(5-2)24-32-10-12-35(13-11-32)47-43(62)45-15-21-60-22-23-61-30-38(51)46-26-34-8-6-33(7-9-34)25-37(44)42(58)59;1-2-3(4)5/h6-13,31,36-37H,4-5,14-30,44H2,1-3H3,(H,46,51)(H,52,53)(H,54,55)(H,56,57)(H,58,59)(H2,45,47,62);2H2,1H3,(H,4,5). The zero-order valence-corrected chi connectivity index (χ0v) is 40.1. The Balaban J connectivity index is 0.00000424. The average molecular weight is 964 g/mol. The number of hydrogen-bond acceptors (Lipinski definition) is 13. The Bertz CT molecular complexity index is 1790. The van der Waals surface area contributed by atoms with Gasteiger partial charge in [-0.25, -0.2) is 0 Å². The molecule has 1 amide bonds. The van der Waals surface area contributed by atoms with Crippen molar-refractivity contribution in [3.63, 3.8) is 0 Å². The van der Waals surface area contributed by atoms with Crippen molar-refractivity contribution in [3.8, 4) is 0 Å². The Kier molecular flexibility index (Phi) is 31.1. The lowest BCUT2D eigenvalue weighted by molar-refractivity contribution is -0.140. The first kappa shape index (κ1) is 59.7. The van der Waals surface area contributed by atoms with Crippen LogP contribution in [0.4, 0.5) is 5.69 Å². The van der Waals surface area contributed by atoms with Gasteiger partial charge in [0, 0.05) is 57.4 Å². The molecule has 0 aliphatic heterocycles. The number of anilines is 1. The van der Waals surface area contributed by atoms with Gasteiger partial charge in [0.25, 0.3) is 0 Å². The summed E-state index contributed by atoms with van der Waals surface area (Å²) in [4.78, 5) is 73.0. The number of carboxylic acid groups (broad SMARTS) is 5. The largest absolute Gasteiger partial charge is 0.481 e. The summed E-state index contributed by atoms with van der Waals surface area (Å²) in [5.74, 6) is -4.57. The number of carbonyl (C=O) groups is 6. The van der Waals surface area contributed by atoms with E-state index in [-0.39, 0.29) is 64.2 Å². The van der Waals surface area contributed by atoms with Crippen molar-refractivity contribution in [2.75, 3.05) is 90.6 Å². The number of ether oxygens (including phenoxy) is 2. The molecular formula is C46H73N7O13S. The third-order valence-electron chi connectivity index (χ3n) is 10.5. The van der Waals surface area contributed by atoms with Gasteiger partial charge in [-0.3, -0.25) is 43.5 Å². The van der Waals surface area contributed by atoms with Gasteiger partial charge in [0.15, 0.2) is 5.11 Å². The molecule has 0 radical (unpaired) electrons. The van der Waals surface area contributed by atoms with Gasteiger partial charge in [-0.1, -0.05) is 70.5 Å². The molecule has 0 aliphatic carbocycles. The van der Waals surface area contributed by atoms with Crippen LogP contribution in [0, 0.1) is 5.92 Å². The van der Waals surface area contributed by atoms with Gasteiger partial charge >= 0.3 is 29.8 Å². The number of nitrogens with zero attached hydrogens (tertiary/aromatic N) is 3. The zero-order chi connectivity index (χ0) is 50.1. The minimum absolute atomic E-state index is 0.121. The maximum atomic E-state index is 12.1. The summed E-state index contributed by atoms with van der Waals surface area (Å²) in [6, 6.07) is 13.8. The van der Waals surface area contributed by atoms with E-state index >= 15 is 0 Å². The Morgan fingerprint density at radius 2 is 1.18 bits per heavy atom. The number of nitrogens with one attached hydrogen (secondary N) is 3. The molecule has 3 atom stereocenters. The van der Waals surface area contributed by atoms with E-state index in [4.69, 9.17) is 37.6 Å². The van der Waals surface area contributed by atoms with Crippen LogP contribution in [0.2, 0.25) is 0 Å². The molecule has 0 aromatic heterocycles. The fourth-order valence-electron chi connectivity index (χ4n) is 6.36. The summed E-state index contributed by atoms with van der Waals surface area (Å²) in [5.41, 5.74) is 8.97. The van der Waals surface area contributed by atoms with E-state index in [1.54, 1.807) is 36.1 Å². The van der Waals surface area contributed by atoms with Crippen LogP contribution in [0.3, 0.4) is 0 Å². The van der Waals surface area contributed by atoms with E-state index in [1.165, 1.54) is 0 Å². The number of benzene rings is 2. The van der Waals surface area contributed by atoms with Crippen LogP contribution in [0.5, 0.6) is 0 Å². The number of thiocarbonyl (C=S) groups is 1. The van der Waals surface area contributed by atoms with Crippen molar-refractivity contribution in [2.45, 2.75) is 84.8 Å². The van der Waals surface area contributed by atoms with Gasteiger partial charge in [-0.15, -0.1) is 0 Å². The van der Waals surface area contributed by atoms with Crippen molar-refractivity contribution in [1.82, 2.24) is 25.3 Å². The summed E-state index contributed by atoms with van der Waals surface area (Å²) in [6.45, 7) is 10.6. The molecule has 2 aromatic rings. The molecule has 0 heterocycles. The van der Waals surface area contributed by atoms with Gasteiger partial charge < -0.3 is 56.7 Å². The summed E-state index contributed by atoms with van der Waals surface area (Å²) in [5, 5.41) is 54.8. The lowest BCUT2D eigenvalue weighted by atomic mass is 10.0. The van der Waals surface area contributed by atoms with Gasteiger partial charge in [-0.05, 0) is 79.2 Å². The summed E-state index contributed by atoms with van der Waals surface area (Å²) in [6.07, 6.45) is 3.50. The third-order valence-corrected chi connectivity index (χ3v) is 10.8. The van der Waals surface area contributed by atoms with Crippen molar-refractivity contribution in [2.24, 2.45) is 11.7 Å². The van der Waals surface area contributed by atoms with Crippen LogP contribution < -0.4 is 21.7 Å². The molecule has 3 unspecified atom stereocenters. The maximum absolute atomic E-state index is 12.1. The highest BCUT2D eigenvalue weighted by molar-refractivity contribution is 7.80. The molecule has 2 aromatic carbocycles. The molecule has 0 spiro atoms. The number of aliphatic carboxylic acids is 5. The van der Waals surface area contributed by atoms with Crippen LogP contribution in [0.15, 0.2) is 48.5 Å². The molecule has 376 valence electrons. The van der Waals surface area contributed by atoms with Gasteiger partial charge in [-0.2, -0.15) is 0 Å². The van der Waals surface area contributed by atoms with E-state index in [2.05, 4.69) is 29.8 Å². The van der Waals surface area contributed by atoms with E-state index < -0.39 is 35.9 Å². The molecule has 21 heteroatoms. The predicted octanol–water partition coefficient (Wildman–Crippen LogP) is 2.68. The van der Waals surface area contributed by atoms with Crippen LogP contribution >= 0.6 is 12.2 Å². The van der Waals surface area contributed by atoms with Crippen molar-refractivity contribution in [1.29, 1.82) is 0 Å². The zero-order valence-electron chi connectivity index (χ0n) is 39.3. The average Bonchev–Trinajstić information content (AvgIpc) is 3.28. The Hall–Kier alpha value is -5.29. The van der Waals surface area contributed by atoms with E-state index in [0.29, 0.717) is 76.3 Å². The SMILES string of the molecule is CCC(=O)O.CCC(C)CCN(CCN(CCN(CC(=O)O)C(CC)Cc1ccc(NC(=S)NCCOCCOCC(=O)NCc2ccc(CC(N)C(=O)O)cc2)cc1)CC(=O)O)CC(=O)O. The number of hydrogen-bond donors (Lipinski definition) is 9. The second kappa shape index (κ2) is 34.9. The molecule has 10 N–H and O–H groups in total. The molecule has 0 bridgehead atoms. The normalized spacial score (nSPS) is 12.4. The quantitative estimate of drug-likeness (QED) is 0.0354. The summed E-state index contributed by atoms with van der Waals surface area (Å²) >= 11 is 5.42. The van der Waals surface area contributed by atoms with Crippen LogP contribution in [-0.2, 0) is 57.6 Å². The summed E-state index contributed by atoms with van der Waals surface area (Å²) in [7, 11) is 0. The first-order chi connectivity index (χ1) is 31.8. The molecule has 0 saturated heterocycles. The fraction of sp³-hybridized carbons (Fsp3) is 0.587. The fourth-order valence-corrected chi connectivity index (χ4v) is 6.58. The minimum Gasteiger partial charge on any atom is -0.481 e. The molecule has 20 nitrogen and oxygen atoms in total. The van der Waals surface area contributed by atoms with Crippen molar-refractivity contribution in [3.05, 3.63) is 65.2 Å². The van der Waals surface area contributed by atoms with Gasteiger partial charge in [0.2, 0.25) is 5.91 Å². The minimum atomic E-state index is -1.06. The topological polar surface area (TPSA) is 294 Å². The molecule has 67 heavy (non-hydrogen) atoms. The van der Waals surface area contributed by atoms with Crippen LogP contribution in [-0.4, -0.2) is 179 Å². The van der Waals surface area contributed by atoms with E-state index in [1.807, 2.05) is 41.0 Å². The van der Waals surface area contributed by atoms with Crippen molar-refractivity contribution < 1.29 is 63.8 Å². The summed E-state index contributed by atoms with van der Waals surface area (Å²) < 4.78 is 11.0. The lowest BCUT2D eigenvalue weighted by Crippen LogP contribution is -2.47. The molecule has 2 rings (SSSR count). The number of carboxylic acids is 5. The number of amides is 1. The Morgan fingerprint density at radius 3 is 1.72 bits per heavy atom. The van der Waals surface area contributed by atoms with Gasteiger partial charge in [0.05, 0.1) is 39.5 Å². The molecule has 0 fully saturated rings. The molecule has 0 saturated carbocycles. The first-order valence-electron chi connectivity index (χ1n) is 22.5. The second-order valence-electron chi connectivity index (χ2n) is 16.0. The van der Waals surface area contributed by atoms with Gasteiger partial charge in [0.1, 0.15) is 12.6 Å². The smallest absolute Gasteiger partial charge is 0.320 e. The molecule has 0 aliphatic rings. The number of rotatable bonds is 35. The number of nitrogens with two attached hydrogens (primary N) is 1. The Morgan fingerprint density at radius 1 is 0.657 bits per heavy atom. The van der Waals surface area contributed by atoms with E-state index in [9.17, 15) is 44.1 Å². The Labute approximate surface area is 399 Å². The van der Waals surface area contributed by atoms with Crippen LogP contribution in [0.25, 0.3) is 0 Å². The van der Waals surface area contributed by atoms with E-state index in [0.717, 1.165) is 35.2 Å².